The zero-order valence-electron chi connectivity index (χ0n) is 12.8. The molecule has 0 radical (unpaired) electrons. The zero-order chi connectivity index (χ0) is 16.4. The van der Waals surface area contributed by atoms with Gasteiger partial charge in [0.1, 0.15) is 0 Å². The number of hydrogen-bond acceptors (Lipinski definition) is 5. The normalized spacial score (nSPS) is 15.0. The lowest BCUT2D eigenvalue weighted by Crippen LogP contribution is -2.16. The molecule has 0 amide bonds. The van der Waals surface area contributed by atoms with Crippen LogP contribution in [0.1, 0.15) is 51.0 Å². The summed E-state index contributed by atoms with van der Waals surface area (Å²) in [4.78, 5) is 26.5. The highest BCUT2D eigenvalue weighted by atomic mass is 16.5. The van der Waals surface area contributed by atoms with E-state index < -0.39 is 12.2 Å². The molecule has 1 aliphatic carbocycles. The number of nitrogens with one attached hydrogen (secondary N) is 2. The molecule has 1 aromatic carbocycles. The highest BCUT2D eigenvalue weighted by Crippen LogP contribution is 2.29. The molecule has 1 aromatic heterocycles. The SMILES string of the molecule is COC(=O)c1ccc(NC(O)c2c[nH]c3c2C(=O)CCC3)cc1. The summed E-state index contributed by atoms with van der Waals surface area (Å²) in [5.74, 6) is -0.355. The number of aryl methyl sites for hydroxylation is 1. The van der Waals surface area contributed by atoms with Crippen LogP contribution in [-0.2, 0) is 11.2 Å². The highest BCUT2D eigenvalue weighted by Gasteiger charge is 2.25. The van der Waals surface area contributed by atoms with Crippen molar-refractivity contribution in [2.75, 3.05) is 12.4 Å². The van der Waals surface area contributed by atoms with Crippen LogP contribution in [0.2, 0.25) is 0 Å². The molecular weight excluding hydrogens is 296 g/mol. The number of hydrogen-bond donors (Lipinski definition) is 3. The molecule has 2 aromatic rings. The lowest BCUT2D eigenvalue weighted by molar-refractivity contribution is 0.0600. The first-order valence-corrected chi connectivity index (χ1v) is 7.46. The number of aromatic amines is 1. The number of ketones is 1. The molecule has 0 bridgehead atoms. The number of H-pyrrole nitrogens is 1. The van der Waals surface area contributed by atoms with Gasteiger partial charge in [-0.3, -0.25) is 4.79 Å². The number of fused-ring (bicyclic) bond motifs is 1. The Balaban J connectivity index is 1.77. The quantitative estimate of drug-likeness (QED) is 0.595. The van der Waals surface area contributed by atoms with Crippen molar-refractivity contribution in [1.82, 2.24) is 4.98 Å². The number of carbonyl (C=O) groups is 2. The minimum absolute atomic E-state index is 0.0596. The number of carbonyl (C=O) groups excluding carboxylic acids is 2. The third kappa shape index (κ3) is 2.98. The molecule has 3 rings (SSSR count). The first-order valence-electron chi connectivity index (χ1n) is 7.46. The molecular formula is C17H18N2O4. The van der Waals surface area contributed by atoms with Gasteiger partial charge in [0.05, 0.1) is 12.7 Å². The van der Waals surface area contributed by atoms with E-state index in [1.807, 2.05) is 0 Å². The number of aromatic nitrogens is 1. The van der Waals surface area contributed by atoms with Crippen molar-refractivity contribution >= 4 is 17.4 Å². The summed E-state index contributed by atoms with van der Waals surface area (Å²) >= 11 is 0. The number of rotatable bonds is 4. The van der Waals surface area contributed by atoms with Crippen LogP contribution in [0.4, 0.5) is 5.69 Å². The Kier molecular flexibility index (Phi) is 4.16. The number of ether oxygens (including phenoxy) is 1. The average Bonchev–Trinajstić information content (AvgIpc) is 3.00. The average molecular weight is 314 g/mol. The second-order valence-corrected chi connectivity index (χ2v) is 5.49. The Labute approximate surface area is 133 Å². The van der Waals surface area contributed by atoms with E-state index >= 15 is 0 Å². The van der Waals surface area contributed by atoms with Gasteiger partial charge in [-0.2, -0.15) is 0 Å². The molecule has 0 spiro atoms. The lowest BCUT2D eigenvalue weighted by Gasteiger charge is -2.17. The molecule has 0 aliphatic heterocycles. The predicted molar refractivity (Wildman–Crippen MR) is 84.4 cm³/mol. The molecule has 120 valence electrons. The number of benzene rings is 1. The first kappa shape index (κ1) is 15.3. The second kappa shape index (κ2) is 6.26. The third-order valence-electron chi connectivity index (χ3n) is 4.01. The second-order valence-electron chi connectivity index (χ2n) is 5.49. The Morgan fingerprint density at radius 3 is 2.74 bits per heavy atom. The number of anilines is 1. The molecule has 1 atom stereocenters. The van der Waals surface area contributed by atoms with Gasteiger partial charge in [0.2, 0.25) is 0 Å². The van der Waals surface area contributed by atoms with E-state index in [9.17, 15) is 14.7 Å². The Bertz CT molecular complexity index is 734. The van der Waals surface area contributed by atoms with Crippen molar-refractivity contribution in [3.8, 4) is 0 Å². The van der Waals surface area contributed by atoms with Crippen molar-refractivity contribution in [2.45, 2.75) is 25.5 Å². The van der Waals surface area contributed by atoms with Gasteiger partial charge in [-0.1, -0.05) is 0 Å². The number of methoxy groups -OCH3 is 1. The van der Waals surface area contributed by atoms with Crippen molar-refractivity contribution < 1.29 is 19.4 Å². The van der Waals surface area contributed by atoms with Crippen LogP contribution in [0, 0.1) is 0 Å². The van der Waals surface area contributed by atoms with Gasteiger partial charge in [0, 0.05) is 35.1 Å². The molecule has 1 aliphatic rings. The maximum Gasteiger partial charge on any atom is 0.337 e. The molecule has 6 nitrogen and oxygen atoms in total. The van der Waals surface area contributed by atoms with Crippen LogP contribution in [0.25, 0.3) is 0 Å². The van der Waals surface area contributed by atoms with Gasteiger partial charge in [0.15, 0.2) is 12.0 Å². The van der Waals surface area contributed by atoms with Crippen molar-refractivity contribution in [1.29, 1.82) is 0 Å². The van der Waals surface area contributed by atoms with E-state index in [-0.39, 0.29) is 5.78 Å². The topological polar surface area (TPSA) is 91.4 Å². The fourth-order valence-electron chi connectivity index (χ4n) is 2.83. The molecule has 1 heterocycles. The number of Topliss-reactive ketones (excluding diaryl/α,β-unsaturated/α-hetero) is 1. The van der Waals surface area contributed by atoms with E-state index in [0.717, 1.165) is 18.5 Å². The van der Waals surface area contributed by atoms with E-state index in [0.29, 0.717) is 28.8 Å². The molecule has 1 unspecified atom stereocenters. The van der Waals surface area contributed by atoms with Crippen LogP contribution in [-0.4, -0.2) is 29.0 Å². The summed E-state index contributed by atoms with van der Waals surface area (Å²) in [6.45, 7) is 0. The Morgan fingerprint density at radius 1 is 1.30 bits per heavy atom. The smallest absolute Gasteiger partial charge is 0.337 e. The predicted octanol–water partition coefficient (Wildman–Crippen LogP) is 2.42. The third-order valence-corrected chi connectivity index (χ3v) is 4.01. The van der Waals surface area contributed by atoms with E-state index in [2.05, 4.69) is 15.0 Å². The minimum atomic E-state index is -0.999. The molecule has 0 saturated heterocycles. The Hall–Kier alpha value is -2.60. The highest BCUT2D eigenvalue weighted by molar-refractivity contribution is 5.99. The van der Waals surface area contributed by atoms with E-state index in [1.54, 1.807) is 30.5 Å². The molecule has 0 saturated carbocycles. The number of aliphatic hydroxyl groups is 1. The summed E-state index contributed by atoms with van der Waals surface area (Å²) in [5, 5.41) is 13.3. The maximum atomic E-state index is 12.1. The van der Waals surface area contributed by atoms with Crippen LogP contribution in [0.5, 0.6) is 0 Å². The van der Waals surface area contributed by atoms with Gasteiger partial charge in [-0.25, -0.2) is 4.79 Å². The fourth-order valence-corrected chi connectivity index (χ4v) is 2.83. The van der Waals surface area contributed by atoms with E-state index in [1.165, 1.54) is 7.11 Å². The first-order chi connectivity index (χ1) is 11.1. The van der Waals surface area contributed by atoms with Crippen LogP contribution in [0.15, 0.2) is 30.5 Å². The lowest BCUT2D eigenvalue weighted by atomic mass is 9.93. The standard InChI is InChI=1S/C17H18N2O4/c1-23-17(22)10-5-7-11(8-6-10)19-16(21)12-9-18-13-3-2-4-14(20)15(12)13/h5-9,16,18-19,21H,2-4H2,1H3. The van der Waals surface area contributed by atoms with Crippen LogP contribution in [0.3, 0.4) is 0 Å². The molecule has 23 heavy (non-hydrogen) atoms. The van der Waals surface area contributed by atoms with Crippen molar-refractivity contribution in [3.05, 3.63) is 52.8 Å². The minimum Gasteiger partial charge on any atom is -0.465 e. The van der Waals surface area contributed by atoms with Gasteiger partial charge in [-0.15, -0.1) is 0 Å². The van der Waals surface area contributed by atoms with Crippen LogP contribution < -0.4 is 5.32 Å². The zero-order valence-corrected chi connectivity index (χ0v) is 12.8. The summed E-state index contributed by atoms with van der Waals surface area (Å²) in [6.07, 6.45) is 2.85. The fraction of sp³-hybridized carbons (Fsp3) is 0.294. The van der Waals surface area contributed by atoms with Gasteiger partial charge < -0.3 is 20.1 Å². The molecule has 3 N–H and O–H groups in total. The summed E-state index contributed by atoms with van der Waals surface area (Å²) in [6, 6.07) is 6.57. The summed E-state index contributed by atoms with van der Waals surface area (Å²) in [7, 11) is 1.32. The molecule has 6 heteroatoms. The molecule has 0 fully saturated rings. The number of esters is 1. The van der Waals surface area contributed by atoms with Crippen molar-refractivity contribution in [2.24, 2.45) is 0 Å². The largest absolute Gasteiger partial charge is 0.465 e. The van der Waals surface area contributed by atoms with Gasteiger partial charge in [-0.05, 0) is 37.1 Å². The maximum absolute atomic E-state index is 12.1. The Morgan fingerprint density at radius 2 is 2.04 bits per heavy atom. The summed E-state index contributed by atoms with van der Waals surface area (Å²) < 4.78 is 4.64. The van der Waals surface area contributed by atoms with Gasteiger partial charge >= 0.3 is 5.97 Å². The summed E-state index contributed by atoms with van der Waals surface area (Å²) in [5.41, 5.74) is 3.12. The monoisotopic (exact) mass is 314 g/mol. The van der Waals surface area contributed by atoms with E-state index in [4.69, 9.17) is 0 Å². The van der Waals surface area contributed by atoms with Gasteiger partial charge in [0.25, 0.3) is 0 Å². The van der Waals surface area contributed by atoms with Crippen molar-refractivity contribution in [3.63, 3.8) is 0 Å². The van der Waals surface area contributed by atoms with Crippen LogP contribution >= 0.6 is 0 Å². The number of aliphatic hydroxyl groups excluding tert-OH is 1.